The van der Waals surface area contributed by atoms with Crippen molar-refractivity contribution in [3.8, 4) is 11.4 Å². The lowest BCUT2D eigenvalue weighted by atomic mass is 10.2. The molecule has 3 aromatic rings. The van der Waals surface area contributed by atoms with Crippen molar-refractivity contribution in [1.82, 2.24) is 34.4 Å². The Labute approximate surface area is 163 Å². The molecule has 1 atom stereocenters. The predicted molar refractivity (Wildman–Crippen MR) is 106 cm³/mol. The summed E-state index contributed by atoms with van der Waals surface area (Å²) < 4.78 is 2.04. The number of amides is 1. The first kappa shape index (κ1) is 18.3. The second-order valence-corrected chi connectivity index (χ2v) is 6.92. The van der Waals surface area contributed by atoms with Crippen LogP contribution in [0.4, 0.5) is 5.82 Å². The van der Waals surface area contributed by atoms with Gasteiger partial charge in [-0.05, 0) is 20.3 Å². The van der Waals surface area contributed by atoms with E-state index in [-0.39, 0.29) is 11.9 Å². The topological polar surface area (TPSA) is 102 Å². The monoisotopic (exact) mass is 380 g/mol. The number of likely N-dealkylation sites (tertiary alicyclic amines) is 1. The van der Waals surface area contributed by atoms with Crippen molar-refractivity contribution in [2.75, 3.05) is 18.4 Å². The van der Waals surface area contributed by atoms with E-state index in [0.29, 0.717) is 18.8 Å². The average molecular weight is 380 g/mol. The van der Waals surface area contributed by atoms with Gasteiger partial charge in [0.05, 0.1) is 5.56 Å². The van der Waals surface area contributed by atoms with E-state index >= 15 is 0 Å². The fraction of sp³-hybridized carbons (Fsp3) is 0.474. The molecule has 4 heterocycles. The van der Waals surface area contributed by atoms with E-state index in [1.54, 1.807) is 18.7 Å². The molecular formula is C19H24N8O. The third-order valence-electron chi connectivity index (χ3n) is 5.07. The summed E-state index contributed by atoms with van der Waals surface area (Å²) in [5.74, 6) is 2.38. The molecular weight excluding hydrogens is 356 g/mol. The van der Waals surface area contributed by atoms with Crippen LogP contribution < -0.4 is 5.32 Å². The van der Waals surface area contributed by atoms with Gasteiger partial charge in [-0.3, -0.25) is 4.79 Å². The quantitative estimate of drug-likeness (QED) is 0.722. The van der Waals surface area contributed by atoms with Crippen LogP contribution in [0.25, 0.3) is 22.6 Å². The highest BCUT2D eigenvalue weighted by molar-refractivity contribution is 5.86. The summed E-state index contributed by atoms with van der Waals surface area (Å²) in [5.41, 5.74) is 2.34. The van der Waals surface area contributed by atoms with Gasteiger partial charge in [0.15, 0.2) is 17.0 Å². The maximum atomic E-state index is 11.9. The molecule has 0 spiro atoms. The second-order valence-electron chi connectivity index (χ2n) is 6.92. The average Bonchev–Trinajstić information content (AvgIpc) is 3.33. The summed E-state index contributed by atoms with van der Waals surface area (Å²) in [6.45, 7) is 7.98. The molecule has 0 aromatic carbocycles. The predicted octanol–water partition coefficient (Wildman–Crippen LogP) is 2.03. The van der Waals surface area contributed by atoms with Crippen LogP contribution in [0.5, 0.6) is 0 Å². The molecule has 4 rings (SSSR count). The molecule has 0 radical (unpaired) electrons. The van der Waals surface area contributed by atoms with Crippen LogP contribution in [-0.4, -0.2) is 59.4 Å². The Balaban J connectivity index is 1.67. The van der Waals surface area contributed by atoms with E-state index in [2.05, 4.69) is 32.2 Å². The van der Waals surface area contributed by atoms with Gasteiger partial charge in [-0.25, -0.2) is 24.9 Å². The fourth-order valence-corrected chi connectivity index (χ4v) is 3.59. The van der Waals surface area contributed by atoms with Crippen LogP contribution in [0.3, 0.4) is 0 Å². The number of rotatable bonds is 5. The molecule has 0 saturated carbocycles. The van der Waals surface area contributed by atoms with Gasteiger partial charge in [0.25, 0.3) is 0 Å². The zero-order valence-corrected chi connectivity index (χ0v) is 16.4. The van der Waals surface area contributed by atoms with E-state index in [4.69, 9.17) is 4.98 Å². The number of carbonyl (C=O) groups is 1. The van der Waals surface area contributed by atoms with E-state index < -0.39 is 0 Å². The molecule has 1 N–H and O–H groups in total. The number of nitrogens with zero attached hydrogens (tertiary/aromatic N) is 7. The number of nitrogens with one attached hydrogen (secondary N) is 1. The molecule has 9 heteroatoms. The van der Waals surface area contributed by atoms with Crippen molar-refractivity contribution in [2.45, 2.75) is 46.2 Å². The van der Waals surface area contributed by atoms with Gasteiger partial charge in [-0.15, -0.1) is 0 Å². The number of aromatic nitrogens is 6. The number of anilines is 1. The largest absolute Gasteiger partial charge is 0.364 e. The summed E-state index contributed by atoms with van der Waals surface area (Å²) in [7, 11) is 0. The van der Waals surface area contributed by atoms with Gasteiger partial charge < -0.3 is 14.8 Å². The molecule has 1 aliphatic heterocycles. The Bertz CT molecular complexity index is 997. The lowest BCUT2D eigenvalue weighted by Gasteiger charge is -2.16. The molecule has 28 heavy (non-hydrogen) atoms. The van der Waals surface area contributed by atoms with Crippen molar-refractivity contribution in [2.24, 2.45) is 0 Å². The van der Waals surface area contributed by atoms with Gasteiger partial charge in [0.2, 0.25) is 5.91 Å². The molecule has 1 saturated heterocycles. The number of fused-ring (bicyclic) bond motifs is 1. The summed E-state index contributed by atoms with van der Waals surface area (Å²) in [4.78, 5) is 36.1. The fourth-order valence-electron chi connectivity index (χ4n) is 3.59. The summed E-state index contributed by atoms with van der Waals surface area (Å²) in [6, 6.07) is 0.159. The van der Waals surface area contributed by atoms with Crippen molar-refractivity contribution in [1.29, 1.82) is 0 Å². The molecule has 1 unspecified atom stereocenters. The summed E-state index contributed by atoms with van der Waals surface area (Å²) in [5, 5.41) is 3.47. The Kier molecular flexibility index (Phi) is 4.89. The third kappa shape index (κ3) is 3.28. The van der Waals surface area contributed by atoms with Gasteiger partial charge in [0.1, 0.15) is 18.0 Å². The smallest absolute Gasteiger partial charge is 0.222 e. The van der Waals surface area contributed by atoms with Crippen LogP contribution in [0.15, 0.2) is 18.7 Å². The first-order valence-corrected chi connectivity index (χ1v) is 9.65. The van der Waals surface area contributed by atoms with E-state index in [9.17, 15) is 4.79 Å². The molecule has 0 aliphatic carbocycles. The number of hydrogen-bond acceptors (Lipinski definition) is 7. The van der Waals surface area contributed by atoms with Crippen LogP contribution in [0.1, 0.15) is 32.5 Å². The highest BCUT2D eigenvalue weighted by Crippen LogP contribution is 2.27. The Morgan fingerprint density at radius 2 is 2.00 bits per heavy atom. The first-order chi connectivity index (χ1) is 13.6. The molecule has 1 fully saturated rings. The second kappa shape index (κ2) is 7.49. The summed E-state index contributed by atoms with van der Waals surface area (Å²) in [6.07, 6.45) is 6.54. The maximum Gasteiger partial charge on any atom is 0.222 e. The summed E-state index contributed by atoms with van der Waals surface area (Å²) >= 11 is 0. The lowest BCUT2D eigenvalue weighted by molar-refractivity contribution is -0.129. The van der Waals surface area contributed by atoms with E-state index in [1.165, 1.54) is 0 Å². The molecule has 0 bridgehead atoms. The highest BCUT2D eigenvalue weighted by atomic mass is 16.2. The normalized spacial score (nSPS) is 16.7. The van der Waals surface area contributed by atoms with Crippen LogP contribution in [-0.2, 0) is 11.3 Å². The van der Waals surface area contributed by atoms with Crippen LogP contribution in [0.2, 0.25) is 0 Å². The van der Waals surface area contributed by atoms with Crippen molar-refractivity contribution < 1.29 is 4.79 Å². The number of carbonyl (C=O) groups excluding carboxylic acids is 1. The molecule has 1 aliphatic rings. The Morgan fingerprint density at radius 1 is 1.21 bits per heavy atom. The molecule has 9 nitrogen and oxygen atoms in total. The lowest BCUT2D eigenvalue weighted by Crippen LogP contribution is -2.31. The number of imidazole rings is 1. The van der Waals surface area contributed by atoms with Gasteiger partial charge in [-0.1, -0.05) is 6.92 Å². The van der Waals surface area contributed by atoms with Crippen LogP contribution >= 0.6 is 0 Å². The third-order valence-corrected chi connectivity index (χ3v) is 5.07. The minimum Gasteiger partial charge on any atom is -0.364 e. The molecule has 3 aromatic heterocycles. The number of aryl methyl sites for hydroxylation is 2. The number of hydrogen-bond donors (Lipinski definition) is 1. The zero-order chi connectivity index (χ0) is 19.7. The highest BCUT2D eigenvalue weighted by Gasteiger charge is 2.26. The van der Waals surface area contributed by atoms with E-state index in [0.717, 1.165) is 47.9 Å². The Hall–Kier alpha value is -3.10. The minimum absolute atomic E-state index is 0.159. The Morgan fingerprint density at radius 3 is 2.71 bits per heavy atom. The first-order valence-electron chi connectivity index (χ1n) is 9.65. The SMILES string of the molecule is CCC(=O)N1CCC(Nc2ncnc3c2nc(-c2cnc(C)nc2)n3CC)C1. The van der Waals surface area contributed by atoms with Gasteiger partial charge in [-0.2, -0.15) is 0 Å². The van der Waals surface area contributed by atoms with Crippen molar-refractivity contribution in [3.63, 3.8) is 0 Å². The van der Waals surface area contributed by atoms with Crippen molar-refractivity contribution >= 4 is 22.9 Å². The van der Waals surface area contributed by atoms with Crippen molar-refractivity contribution in [3.05, 3.63) is 24.5 Å². The van der Waals surface area contributed by atoms with Gasteiger partial charge in [0, 0.05) is 44.5 Å². The molecule has 146 valence electrons. The standard InChI is InChI=1S/C19H24N8O/c1-4-15(28)26-7-6-14(10-26)24-17-16-19(23-11-22-17)27(5-2)18(25-16)13-8-20-12(3)21-9-13/h8-9,11,14H,4-7,10H2,1-3H3,(H,22,23,24). The molecule has 1 amide bonds. The maximum absolute atomic E-state index is 11.9. The van der Waals surface area contributed by atoms with E-state index in [1.807, 2.05) is 23.3 Å². The zero-order valence-electron chi connectivity index (χ0n) is 16.4. The van der Waals surface area contributed by atoms with Crippen LogP contribution in [0, 0.1) is 6.92 Å². The van der Waals surface area contributed by atoms with Gasteiger partial charge >= 0.3 is 0 Å². The minimum atomic E-state index is 0.159.